The van der Waals surface area contributed by atoms with Crippen LogP contribution in [0.5, 0.6) is 11.5 Å². The van der Waals surface area contributed by atoms with E-state index in [0.29, 0.717) is 39.4 Å². The number of amidine groups is 1. The molecule has 2 aromatic heterocycles. The number of aromatic nitrogens is 2. The number of fused-ring (bicyclic) bond motifs is 2. The lowest BCUT2D eigenvalue weighted by atomic mass is 9.86. The van der Waals surface area contributed by atoms with Gasteiger partial charge in [0.25, 0.3) is 0 Å². The first-order valence-electron chi connectivity index (χ1n) is 10.7. The molecule has 6 nitrogen and oxygen atoms in total. The largest absolute Gasteiger partial charge is 0.455 e. The molecule has 0 radical (unpaired) electrons. The third kappa shape index (κ3) is 4.45. The minimum Gasteiger partial charge on any atom is -0.455 e. The Morgan fingerprint density at radius 2 is 1.74 bits per heavy atom. The highest BCUT2D eigenvalue weighted by Gasteiger charge is 2.29. The fourth-order valence-electron chi connectivity index (χ4n) is 4.06. The minimum atomic E-state index is -0.979. The zero-order chi connectivity index (χ0) is 24.5. The molecule has 1 aliphatic rings. The summed E-state index contributed by atoms with van der Waals surface area (Å²) in [6.45, 7) is 0.0726. The third-order valence-corrected chi connectivity index (χ3v) is 5.71. The number of hydrogen-bond acceptors (Lipinski definition) is 5. The summed E-state index contributed by atoms with van der Waals surface area (Å²) in [6.07, 6.45) is 2.89. The lowest BCUT2D eigenvalue weighted by Gasteiger charge is -2.29. The molecule has 0 saturated heterocycles. The van der Waals surface area contributed by atoms with Gasteiger partial charge in [-0.2, -0.15) is 4.39 Å². The molecule has 1 unspecified atom stereocenters. The van der Waals surface area contributed by atoms with Crippen molar-refractivity contribution >= 4 is 5.84 Å². The van der Waals surface area contributed by atoms with Crippen LogP contribution in [0.4, 0.5) is 13.2 Å². The van der Waals surface area contributed by atoms with Gasteiger partial charge in [0.1, 0.15) is 23.9 Å². The zero-order valence-electron chi connectivity index (χ0n) is 18.3. The molecule has 0 aliphatic carbocycles. The van der Waals surface area contributed by atoms with Gasteiger partial charge in [-0.05, 0) is 54.1 Å². The van der Waals surface area contributed by atoms with Crippen molar-refractivity contribution in [3.8, 4) is 33.9 Å². The number of benzene rings is 2. The maximum atomic E-state index is 14.4. The Hall–Kier alpha value is -4.24. The van der Waals surface area contributed by atoms with Crippen LogP contribution < -0.4 is 10.5 Å². The van der Waals surface area contributed by atoms with E-state index < -0.39 is 17.6 Å². The summed E-state index contributed by atoms with van der Waals surface area (Å²) >= 11 is 0. The van der Waals surface area contributed by atoms with Gasteiger partial charge < -0.3 is 15.2 Å². The van der Waals surface area contributed by atoms with Crippen LogP contribution in [-0.4, -0.2) is 29.0 Å². The van der Waals surface area contributed by atoms with Crippen molar-refractivity contribution in [2.45, 2.75) is 5.92 Å². The van der Waals surface area contributed by atoms with Gasteiger partial charge >= 0.3 is 0 Å². The summed E-state index contributed by atoms with van der Waals surface area (Å²) in [7, 11) is 0. The molecule has 0 bridgehead atoms. The second-order valence-electron chi connectivity index (χ2n) is 8.03. The van der Waals surface area contributed by atoms with Crippen molar-refractivity contribution in [3.05, 3.63) is 95.7 Å². The van der Waals surface area contributed by atoms with E-state index in [-0.39, 0.29) is 25.0 Å². The normalized spacial score (nSPS) is 14.1. The number of ether oxygens (including phenoxy) is 2. The van der Waals surface area contributed by atoms with Crippen molar-refractivity contribution in [1.82, 2.24) is 9.97 Å². The molecule has 0 spiro atoms. The van der Waals surface area contributed by atoms with Gasteiger partial charge in [0.05, 0.1) is 18.5 Å². The molecule has 0 fully saturated rings. The summed E-state index contributed by atoms with van der Waals surface area (Å²) in [5.74, 6) is -2.02. The topological polar surface area (TPSA) is 94.1 Å². The van der Waals surface area contributed by atoms with Crippen LogP contribution in [-0.2, 0) is 4.74 Å². The molecule has 2 aromatic carbocycles. The maximum Gasteiger partial charge on any atom is 0.220 e. The lowest BCUT2D eigenvalue weighted by Crippen LogP contribution is -2.22. The predicted molar refractivity (Wildman–Crippen MR) is 124 cm³/mol. The Bertz CT molecular complexity index is 1440. The van der Waals surface area contributed by atoms with Crippen molar-refractivity contribution in [3.63, 3.8) is 0 Å². The first-order chi connectivity index (χ1) is 16.9. The fourth-order valence-corrected chi connectivity index (χ4v) is 4.06. The van der Waals surface area contributed by atoms with Gasteiger partial charge in [0.2, 0.25) is 5.95 Å². The predicted octanol–water partition coefficient (Wildman–Crippen LogP) is 5.42. The summed E-state index contributed by atoms with van der Waals surface area (Å²) in [6, 6.07) is 13.8. The number of halogens is 3. The van der Waals surface area contributed by atoms with E-state index in [4.69, 9.17) is 20.6 Å². The monoisotopic (exact) mass is 476 g/mol. The highest BCUT2D eigenvalue weighted by Crippen LogP contribution is 2.46. The van der Waals surface area contributed by atoms with Crippen molar-refractivity contribution in [1.29, 1.82) is 5.41 Å². The average molecular weight is 476 g/mol. The molecule has 4 aromatic rings. The molecular weight excluding hydrogens is 457 g/mol. The zero-order valence-corrected chi connectivity index (χ0v) is 18.3. The second kappa shape index (κ2) is 9.19. The SMILES string of the molecule is N=C(N)COCC1c2cc(-c3cccnc3F)ccc2Oc2cnc(-c3ccc(F)c(F)c3)cc21. The molecular formula is C26H19F3N4O2. The Morgan fingerprint density at radius 1 is 0.943 bits per heavy atom. The average Bonchev–Trinajstić information content (AvgIpc) is 2.85. The van der Waals surface area contributed by atoms with E-state index in [1.807, 2.05) is 0 Å². The Balaban J connectivity index is 1.60. The van der Waals surface area contributed by atoms with Crippen LogP contribution in [0.3, 0.4) is 0 Å². The van der Waals surface area contributed by atoms with Crippen LogP contribution in [0, 0.1) is 23.0 Å². The van der Waals surface area contributed by atoms with Gasteiger partial charge in [-0.15, -0.1) is 0 Å². The van der Waals surface area contributed by atoms with Gasteiger partial charge in [-0.1, -0.05) is 6.07 Å². The quantitative estimate of drug-likeness (QED) is 0.220. The van der Waals surface area contributed by atoms with Crippen LogP contribution >= 0.6 is 0 Å². The number of nitrogens with zero attached hydrogens (tertiary/aromatic N) is 2. The summed E-state index contributed by atoms with van der Waals surface area (Å²) in [5.41, 5.74) is 8.62. The van der Waals surface area contributed by atoms with Crippen LogP contribution in [0.15, 0.2) is 67.0 Å². The van der Waals surface area contributed by atoms with Crippen molar-refractivity contribution in [2.24, 2.45) is 5.73 Å². The summed E-state index contributed by atoms with van der Waals surface area (Å²) < 4.78 is 53.4. The first-order valence-corrected chi connectivity index (χ1v) is 10.7. The molecule has 0 saturated carbocycles. The van der Waals surface area contributed by atoms with Crippen molar-refractivity contribution in [2.75, 3.05) is 13.2 Å². The standard InChI is InChI=1S/C26H19F3N4O2/c27-20-5-3-15(9-21(20)28)22-10-18-19(12-34-13-25(30)31)17-8-14(16-2-1-7-32-26(16)29)4-6-23(17)35-24(18)11-33-22/h1-11,19H,12-13H2,(H3,30,31). The Morgan fingerprint density at radius 3 is 2.51 bits per heavy atom. The molecule has 9 heteroatoms. The lowest BCUT2D eigenvalue weighted by molar-refractivity contribution is 0.159. The fraction of sp³-hybridized carbons (Fsp3) is 0.115. The number of hydrogen-bond donors (Lipinski definition) is 2. The molecule has 35 heavy (non-hydrogen) atoms. The Kier molecular flexibility index (Phi) is 5.92. The van der Waals surface area contributed by atoms with E-state index in [1.54, 1.807) is 36.4 Å². The molecule has 0 amide bonds. The van der Waals surface area contributed by atoms with Gasteiger partial charge in [0, 0.05) is 34.4 Å². The van der Waals surface area contributed by atoms with Gasteiger partial charge in [0.15, 0.2) is 11.6 Å². The number of rotatable bonds is 6. The van der Waals surface area contributed by atoms with Crippen LogP contribution in [0.25, 0.3) is 22.4 Å². The van der Waals surface area contributed by atoms with E-state index in [9.17, 15) is 13.2 Å². The Labute approximate surface area is 198 Å². The van der Waals surface area contributed by atoms with E-state index in [1.165, 1.54) is 18.5 Å². The van der Waals surface area contributed by atoms with Crippen molar-refractivity contribution < 1.29 is 22.6 Å². The summed E-state index contributed by atoms with van der Waals surface area (Å²) in [4.78, 5) is 8.08. The molecule has 3 N–H and O–H groups in total. The van der Waals surface area contributed by atoms with E-state index in [2.05, 4.69) is 9.97 Å². The molecule has 1 atom stereocenters. The maximum absolute atomic E-state index is 14.4. The number of pyridine rings is 2. The van der Waals surface area contributed by atoms with Gasteiger partial charge in [-0.3, -0.25) is 10.4 Å². The molecule has 1 aliphatic heterocycles. The minimum absolute atomic E-state index is 0.0694. The number of nitrogens with one attached hydrogen (secondary N) is 1. The number of nitrogens with two attached hydrogens (primary N) is 1. The highest BCUT2D eigenvalue weighted by molar-refractivity contribution is 5.78. The van der Waals surface area contributed by atoms with Gasteiger partial charge in [-0.25, -0.2) is 13.8 Å². The highest BCUT2D eigenvalue weighted by atomic mass is 19.2. The molecule has 176 valence electrons. The van der Waals surface area contributed by atoms with E-state index in [0.717, 1.165) is 17.7 Å². The second-order valence-corrected chi connectivity index (χ2v) is 8.03. The van der Waals surface area contributed by atoms with Crippen LogP contribution in [0.2, 0.25) is 0 Å². The smallest absolute Gasteiger partial charge is 0.220 e. The first kappa shape index (κ1) is 22.5. The molecule has 3 heterocycles. The van der Waals surface area contributed by atoms with Crippen LogP contribution in [0.1, 0.15) is 17.0 Å². The third-order valence-electron chi connectivity index (χ3n) is 5.71. The summed E-state index contributed by atoms with van der Waals surface area (Å²) in [5, 5.41) is 7.46. The molecule has 5 rings (SSSR count). The van der Waals surface area contributed by atoms with E-state index >= 15 is 0 Å².